The monoisotopic (exact) mass is 272 g/mol. The molecule has 5 heteroatoms. The molecule has 0 radical (unpaired) electrons. The van der Waals surface area contributed by atoms with Crippen LogP contribution in [0, 0.1) is 6.92 Å². The second-order valence-electron chi connectivity index (χ2n) is 3.66. The van der Waals surface area contributed by atoms with E-state index >= 15 is 0 Å². The van der Waals surface area contributed by atoms with Crippen molar-refractivity contribution in [1.29, 1.82) is 0 Å². The van der Waals surface area contributed by atoms with Crippen molar-refractivity contribution in [3.8, 4) is 5.75 Å². The van der Waals surface area contributed by atoms with Gasteiger partial charge in [-0.1, -0.05) is 35.9 Å². The van der Waals surface area contributed by atoms with E-state index in [9.17, 15) is 8.42 Å². The maximum absolute atomic E-state index is 11.9. The molecule has 0 aliphatic heterocycles. The normalized spacial score (nSPS) is 10.5. The predicted molar refractivity (Wildman–Crippen MR) is 72.6 cm³/mol. The van der Waals surface area contributed by atoms with Crippen LogP contribution in [0.4, 0.5) is 0 Å². The van der Waals surface area contributed by atoms with Gasteiger partial charge in [0, 0.05) is 0 Å². The summed E-state index contributed by atoms with van der Waals surface area (Å²) < 4.78 is 28.8. The summed E-state index contributed by atoms with van der Waals surface area (Å²) in [6.45, 7) is 1.90. The molecule has 0 atom stereocenters. The molecule has 2 aromatic rings. The van der Waals surface area contributed by atoms with Crippen molar-refractivity contribution < 1.29 is 12.6 Å². The van der Waals surface area contributed by atoms with Gasteiger partial charge in [0.2, 0.25) is 0 Å². The Morgan fingerprint density at radius 1 is 0.889 bits per heavy atom. The summed E-state index contributed by atoms with van der Waals surface area (Å²) in [6.07, 6.45) is 0. The van der Waals surface area contributed by atoms with Gasteiger partial charge in [0.1, 0.15) is 10.6 Å². The van der Waals surface area contributed by atoms with Crippen molar-refractivity contribution in [2.24, 2.45) is 0 Å². The van der Waals surface area contributed by atoms with E-state index in [2.05, 4.69) is 0 Å². The quantitative estimate of drug-likeness (QED) is 0.635. The van der Waals surface area contributed by atoms with Crippen LogP contribution in [0.1, 0.15) is 5.56 Å². The van der Waals surface area contributed by atoms with Gasteiger partial charge in [-0.2, -0.15) is 8.42 Å². The van der Waals surface area contributed by atoms with E-state index in [0.29, 0.717) is 5.75 Å². The van der Waals surface area contributed by atoms with Gasteiger partial charge in [0.15, 0.2) is 0 Å². The van der Waals surface area contributed by atoms with Crippen molar-refractivity contribution in [2.75, 3.05) is 0 Å². The summed E-state index contributed by atoms with van der Waals surface area (Å²) in [5, 5.41) is 0. The van der Waals surface area contributed by atoms with Crippen LogP contribution >= 0.6 is 0 Å². The molecule has 0 heterocycles. The first kappa shape index (κ1) is 15.2. The number of benzene rings is 2. The van der Waals surface area contributed by atoms with Gasteiger partial charge in [0.05, 0.1) is 0 Å². The van der Waals surface area contributed by atoms with Crippen molar-refractivity contribution in [1.82, 2.24) is 0 Å². The van der Waals surface area contributed by atoms with E-state index in [1.54, 1.807) is 42.5 Å². The molecule has 0 amide bonds. The summed E-state index contributed by atoms with van der Waals surface area (Å²) in [7, 11) is -3.73. The molecule has 0 saturated carbocycles. The number of hydrogen-bond donors (Lipinski definition) is 0. The molecular weight excluding hydrogens is 259 g/mol. The SMILES string of the molecule is Cc1ccc(S(=O)(=O)Oc2ccccc2)cc1.[NaH]. The fraction of sp³-hybridized carbons (Fsp3) is 0.0769. The Labute approximate surface area is 129 Å². The molecule has 90 valence electrons. The zero-order valence-electron chi connectivity index (χ0n) is 9.33. The number of aryl methyl sites for hydroxylation is 1. The average Bonchev–Trinajstić information content (AvgIpc) is 2.30. The molecule has 0 unspecified atom stereocenters. The van der Waals surface area contributed by atoms with E-state index in [1.807, 2.05) is 6.92 Å². The first-order chi connectivity index (χ1) is 8.08. The van der Waals surface area contributed by atoms with Crippen molar-refractivity contribution in [2.45, 2.75) is 11.8 Å². The van der Waals surface area contributed by atoms with E-state index < -0.39 is 10.1 Å². The van der Waals surface area contributed by atoms with Crippen LogP contribution in [0.15, 0.2) is 59.5 Å². The molecule has 0 aromatic heterocycles. The minimum atomic E-state index is -3.73. The molecule has 0 aliphatic rings. The van der Waals surface area contributed by atoms with Crippen LogP contribution < -0.4 is 4.18 Å². The number of hydrogen-bond acceptors (Lipinski definition) is 3. The zero-order valence-corrected chi connectivity index (χ0v) is 10.1. The molecule has 0 saturated heterocycles. The van der Waals surface area contributed by atoms with Gasteiger partial charge in [0.25, 0.3) is 0 Å². The summed E-state index contributed by atoms with van der Waals surface area (Å²) in [6, 6.07) is 15.0. The third kappa shape index (κ3) is 3.85. The molecule has 2 rings (SSSR count). The van der Waals surface area contributed by atoms with Crippen LogP contribution in [-0.2, 0) is 10.1 Å². The molecule has 18 heavy (non-hydrogen) atoms. The van der Waals surface area contributed by atoms with Crippen molar-refractivity contribution >= 4 is 39.7 Å². The van der Waals surface area contributed by atoms with Crippen molar-refractivity contribution in [3.63, 3.8) is 0 Å². The average molecular weight is 272 g/mol. The Morgan fingerprint density at radius 2 is 1.44 bits per heavy atom. The summed E-state index contributed by atoms with van der Waals surface area (Å²) in [5.41, 5.74) is 1.00. The Hall–Kier alpha value is -0.810. The summed E-state index contributed by atoms with van der Waals surface area (Å²) in [4.78, 5) is 0.159. The molecule has 0 aliphatic carbocycles. The van der Waals surface area contributed by atoms with Crippen LogP contribution in [-0.4, -0.2) is 38.0 Å². The molecule has 0 bridgehead atoms. The standard InChI is InChI=1S/C13H12O3S.Na.H/c1-11-7-9-13(10-8-11)17(14,15)16-12-5-3-2-4-6-12;;/h2-10H,1H3;;. The second kappa shape index (κ2) is 6.38. The third-order valence-corrected chi connectivity index (χ3v) is 3.52. The topological polar surface area (TPSA) is 43.4 Å². The third-order valence-electron chi connectivity index (χ3n) is 2.26. The molecule has 0 spiro atoms. The first-order valence-corrected chi connectivity index (χ1v) is 6.55. The van der Waals surface area contributed by atoms with Gasteiger partial charge in [-0.15, -0.1) is 0 Å². The predicted octanol–water partition coefficient (Wildman–Crippen LogP) is 2.11. The Bertz CT molecular complexity index is 592. The second-order valence-corrected chi connectivity index (χ2v) is 5.21. The van der Waals surface area contributed by atoms with E-state index in [1.165, 1.54) is 12.1 Å². The van der Waals surface area contributed by atoms with Gasteiger partial charge in [-0.25, -0.2) is 0 Å². The first-order valence-electron chi connectivity index (χ1n) is 5.14. The molecular formula is C13H13NaO3S. The van der Waals surface area contributed by atoms with Crippen LogP contribution in [0.5, 0.6) is 5.75 Å². The Kier molecular flexibility index (Phi) is 5.41. The van der Waals surface area contributed by atoms with Crippen LogP contribution in [0.25, 0.3) is 0 Å². The van der Waals surface area contributed by atoms with Gasteiger partial charge in [-0.3, -0.25) is 0 Å². The van der Waals surface area contributed by atoms with Gasteiger partial charge >= 0.3 is 39.7 Å². The fourth-order valence-corrected chi connectivity index (χ4v) is 2.29. The Morgan fingerprint density at radius 3 is 2.00 bits per heavy atom. The molecule has 0 fully saturated rings. The molecule has 2 aromatic carbocycles. The van der Waals surface area contributed by atoms with E-state index in [-0.39, 0.29) is 34.5 Å². The van der Waals surface area contributed by atoms with Gasteiger partial charge < -0.3 is 4.18 Å². The summed E-state index contributed by atoms with van der Waals surface area (Å²) >= 11 is 0. The number of para-hydroxylation sites is 1. The Balaban J connectivity index is 0.00000162. The summed E-state index contributed by atoms with van der Waals surface area (Å²) in [5.74, 6) is 0.313. The van der Waals surface area contributed by atoms with Crippen LogP contribution in [0.2, 0.25) is 0 Å². The maximum atomic E-state index is 11.9. The van der Waals surface area contributed by atoms with Crippen LogP contribution in [0.3, 0.4) is 0 Å². The molecule has 0 N–H and O–H groups in total. The fourth-order valence-electron chi connectivity index (χ4n) is 1.36. The van der Waals surface area contributed by atoms with E-state index in [4.69, 9.17) is 4.18 Å². The molecule has 3 nitrogen and oxygen atoms in total. The van der Waals surface area contributed by atoms with Gasteiger partial charge in [-0.05, 0) is 31.2 Å². The zero-order chi connectivity index (χ0) is 12.3. The van der Waals surface area contributed by atoms with Crippen molar-refractivity contribution in [3.05, 3.63) is 60.2 Å². The van der Waals surface area contributed by atoms with E-state index in [0.717, 1.165) is 5.56 Å². The minimum absolute atomic E-state index is 0. The number of rotatable bonds is 3.